The van der Waals surface area contributed by atoms with E-state index in [-0.39, 0.29) is 17.1 Å². The largest absolute Gasteiger partial charge is 0.394 e. The Morgan fingerprint density at radius 3 is 2.90 bits per heavy atom. The zero-order valence-corrected chi connectivity index (χ0v) is 11.1. The molecule has 0 amide bonds. The molecule has 3 rings (SSSR count). The van der Waals surface area contributed by atoms with E-state index >= 15 is 0 Å². The number of nitrogens with one attached hydrogen (secondary N) is 1. The molecular formula is C11H15N5O5. The van der Waals surface area contributed by atoms with Gasteiger partial charge in [0.1, 0.15) is 18.3 Å². The minimum Gasteiger partial charge on any atom is -0.394 e. The van der Waals surface area contributed by atoms with Gasteiger partial charge < -0.3 is 25.8 Å². The van der Waals surface area contributed by atoms with Crippen molar-refractivity contribution in [2.75, 3.05) is 12.3 Å². The molecule has 10 heteroatoms. The number of aromatic amines is 1. The maximum atomic E-state index is 11.8. The van der Waals surface area contributed by atoms with Gasteiger partial charge in [-0.15, -0.1) is 0 Å². The fourth-order valence-electron chi connectivity index (χ4n) is 2.56. The molecule has 0 aromatic carbocycles. The van der Waals surface area contributed by atoms with Gasteiger partial charge in [-0.3, -0.25) is 14.3 Å². The van der Waals surface area contributed by atoms with Crippen LogP contribution in [0.15, 0.2) is 11.1 Å². The minimum atomic E-state index is -1.44. The van der Waals surface area contributed by atoms with E-state index in [9.17, 15) is 20.1 Å². The number of H-pyrrole nitrogens is 1. The van der Waals surface area contributed by atoms with Crippen molar-refractivity contribution in [1.82, 2.24) is 19.5 Å². The molecule has 1 saturated heterocycles. The summed E-state index contributed by atoms with van der Waals surface area (Å²) in [7, 11) is 0. The molecule has 0 spiro atoms. The van der Waals surface area contributed by atoms with Crippen LogP contribution in [0.3, 0.4) is 0 Å². The third kappa shape index (κ3) is 1.84. The number of nitrogen functional groups attached to an aromatic ring is 1. The highest BCUT2D eigenvalue weighted by molar-refractivity contribution is 5.70. The van der Waals surface area contributed by atoms with Crippen molar-refractivity contribution < 1.29 is 20.1 Å². The van der Waals surface area contributed by atoms with Gasteiger partial charge >= 0.3 is 0 Å². The first kappa shape index (κ1) is 13.9. The summed E-state index contributed by atoms with van der Waals surface area (Å²) in [6.45, 7) is 1.04. The lowest BCUT2D eigenvalue weighted by molar-refractivity contribution is -0.132. The number of anilines is 1. The zero-order valence-electron chi connectivity index (χ0n) is 11.1. The Labute approximate surface area is 117 Å². The Hall–Kier alpha value is -2.01. The number of hydrogen-bond donors (Lipinski definition) is 5. The minimum absolute atomic E-state index is 0.0307. The highest BCUT2D eigenvalue weighted by Crippen LogP contribution is 2.36. The summed E-state index contributed by atoms with van der Waals surface area (Å²) in [5.41, 5.74) is 3.70. The maximum Gasteiger partial charge on any atom is 0.280 e. The summed E-state index contributed by atoms with van der Waals surface area (Å²) in [6.07, 6.45) is -2.31. The summed E-state index contributed by atoms with van der Waals surface area (Å²) in [5.74, 6) is -0.107. The second kappa shape index (κ2) is 4.49. The average molecular weight is 297 g/mol. The molecule has 0 saturated carbocycles. The lowest BCUT2D eigenvalue weighted by atomic mass is 10.0. The average Bonchev–Trinajstić information content (AvgIpc) is 2.95. The molecule has 0 bridgehead atoms. The highest BCUT2D eigenvalue weighted by Gasteiger charge is 2.52. The van der Waals surface area contributed by atoms with Crippen molar-refractivity contribution in [3.05, 3.63) is 16.7 Å². The van der Waals surface area contributed by atoms with Gasteiger partial charge in [-0.05, 0) is 6.92 Å². The first-order valence-corrected chi connectivity index (χ1v) is 6.26. The van der Waals surface area contributed by atoms with E-state index < -0.39 is 36.2 Å². The van der Waals surface area contributed by atoms with Gasteiger partial charge in [0.2, 0.25) is 5.95 Å². The van der Waals surface area contributed by atoms with Crippen molar-refractivity contribution in [1.29, 1.82) is 0 Å². The number of aliphatic hydroxyl groups excluding tert-OH is 3. The highest BCUT2D eigenvalue weighted by atomic mass is 16.6. The number of fused-ring (bicyclic) bond motifs is 1. The molecule has 3 heterocycles. The van der Waals surface area contributed by atoms with Crippen LogP contribution in [0.4, 0.5) is 5.95 Å². The monoisotopic (exact) mass is 297 g/mol. The Morgan fingerprint density at radius 2 is 2.29 bits per heavy atom. The van der Waals surface area contributed by atoms with Gasteiger partial charge in [-0.1, -0.05) is 0 Å². The van der Waals surface area contributed by atoms with Crippen LogP contribution >= 0.6 is 0 Å². The summed E-state index contributed by atoms with van der Waals surface area (Å²) < 4.78 is 6.85. The van der Waals surface area contributed by atoms with Crippen LogP contribution in [-0.2, 0) is 10.5 Å². The van der Waals surface area contributed by atoms with Crippen LogP contribution in [0.25, 0.3) is 11.2 Å². The van der Waals surface area contributed by atoms with Gasteiger partial charge in [-0.25, -0.2) is 4.98 Å². The second-order valence-corrected chi connectivity index (χ2v) is 5.07. The number of nitrogens with two attached hydrogens (primary N) is 1. The van der Waals surface area contributed by atoms with Crippen molar-refractivity contribution >= 4 is 17.1 Å². The molecule has 114 valence electrons. The van der Waals surface area contributed by atoms with E-state index in [4.69, 9.17) is 10.5 Å². The molecule has 0 radical (unpaired) electrons. The lowest BCUT2D eigenvalue weighted by Crippen LogP contribution is -2.43. The molecule has 21 heavy (non-hydrogen) atoms. The van der Waals surface area contributed by atoms with Crippen LogP contribution in [0, 0.1) is 0 Å². The van der Waals surface area contributed by atoms with E-state index in [0.29, 0.717) is 0 Å². The number of hydrogen-bond acceptors (Lipinski definition) is 8. The van der Waals surface area contributed by atoms with Gasteiger partial charge in [0.25, 0.3) is 5.56 Å². The Balaban J connectivity index is 2.19. The maximum absolute atomic E-state index is 11.8. The third-order valence-corrected chi connectivity index (χ3v) is 3.73. The number of nitrogens with zero attached hydrogens (tertiary/aromatic N) is 3. The fraction of sp³-hybridized carbons (Fsp3) is 0.545. The van der Waals surface area contributed by atoms with Gasteiger partial charge in [-0.2, -0.15) is 4.98 Å². The molecule has 1 fully saturated rings. The van der Waals surface area contributed by atoms with Crippen LogP contribution in [0.2, 0.25) is 0 Å². The first-order chi connectivity index (χ1) is 9.88. The van der Waals surface area contributed by atoms with E-state index in [1.54, 1.807) is 0 Å². The van der Waals surface area contributed by atoms with Crippen LogP contribution in [-0.4, -0.2) is 59.8 Å². The number of aliphatic hydroxyl groups is 3. The number of rotatable bonds is 2. The summed E-state index contributed by atoms with van der Waals surface area (Å²) in [4.78, 5) is 22.0. The Bertz CT molecular complexity index is 742. The number of ether oxygens (including phenoxy) is 1. The molecule has 4 atom stereocenters. The topological polar surface area (TPSA) is 160 Å². The lowest BCUT2D eigenvalue weighted by Gasteiger charge is -2.29. The standard InChI is InChI=1S/C11H15N5O5/c1-11(7(19)6(18)4(2-17)21-11)16-3-13-5-8(16)14-10(12)15-9(5)20/h3-4,6-7,17-19H,2H2,1H3,(H3,12,14,15,20)/t4-,6?,7?,11-/m1/s1. The van der Waals surface area contributed by atoms with E-state index in [0.717, 1.165) is 0 Å². The summed E-state index contributed by atoms with van der Waals surface area (Å²) >= 11 is 0. The predicted octanol–water partition coefficient (Wildman–Crippen LogP) is -2.51. The normalized spacial score (nSPS) is 32.9. The van der Waals surface area contributed by atoms with Gasteiger partial charge in [0.05, 0.1) is 12.9 Å². The molecule has 2 aromatic heterocycles. The molecule has 10 nitrogen and oxygen atoms in total. The third-order valence-electron chi connectivity index (χ3n) is 3.73. The smallest absolute Gasteiger partial charge is 0.280 e. The number of aromatic nitrogens is 4. The first-order valence-electron chi connectivity index (χ1n) is 6.26. The van der Waals surface area contributed by atoms with Crippen LogP contribution in [0.5, 0.6) is 0 Å². The SMILES string of the molecule is C[C@@]1(n2cnc3c(=O)[nH]c(N)nc32)O[C@H](CO)C(O)C1O. The van der Waals surface area contributed by atoms with E-state index in [1.807, 2.05) is 0 Å². The molecule has 1 aliphatic rings. The molecule has 1 aliphatic heterocycles. The molecule has 2 unspecified atom stereocenters. The Morgan fingerprint density at radius 1 is 1.57 bits per heavy atom. The van der Waals surface area contributed by atoms with E-state index in [2.05, 4.69) is 15.0 Å². The van der Waals surface area contributed by atoms with Gasteiger partial charge in [0.15, 0.2) is 16.9 Å². The van der Waals surface area contributed by atoms with Crippen molar-refractivity contribution in [2.45, 2.75) is 31.0 Å². The van der Waals surface area contributed by atoms with Gasteiger partial charge in [0, 0.05) is 0 Å². The second-order valence-electron chi connectivity index (χ2n) is 5.07. The van der Waals surface area contributed by atoms with Crippen LogP contribution < -0.4 is 11.3 Å². The summed E-state index contributed by atoms with van der Waals surface area (Å²) in [6, 6.07) is 0. The van der Waals surface area contributed by atoms with Crippen molar-refractivity contribution in [3.63, 3.8) is 0 Å². The summed E-state index contributed by atoms with van der Waals surface area (Å²) in [5, 5.41) is 29.3. The molecule has 6 N–H and O–H groups in total. The molecule has 0 aliphatic carbocycles. The fourth-order valence-corrected chi connectivity index (χ4v) is 2.56. The quantitative estimate of drug-likeness (QED) is 0.406. The number of imidazole rings is 1. The van der Waals surface area contributed by atoms with Crippen LogP contribution in [0.1, 0.15) is 6.92 Å². The zero-order chi connectivity index (χ0) is 15.4. The van der Waals surface area contributed by atoms with Crippen molar-refractivity contribution in [2.24, 2.45) is 0 Å². The molecule has 2 aromatic rings. The predicted molar refractivity (Wildman–Crippen MR) is 70.2 cm³/mol. The Kier molecular flexibility index (Phi) is 2.99. The van der Waals surface area contributed by atoms with Crippen molar-refractivity contribution in [3.8, 4) is 0 Å². The molecular weight excluding hydrogens is 282 g/mol. The van der Waals surface area contributed by atoms with E-state index in [1.165, 1.54) is 17.8 Å².